The van der Waals surface area contributed by atoms with Crippen LogP contribution in [-0.2, 0) is 0 Å². The van der Waals surface area contributed by atoms with Gasteiger partial charge in [0.1, 0.15) is 0 Å². The summed E-state index contributed by atoms with van der Waals surface area (Å²) in [4.78, 5) is 16.2. The van der Waals surface area contributed by atoms with Gasteiger partial charge in [-0.15, -0.1) is 0 Å². The maximum absolute atomic E-state index is 12.1. The first-order valence-corrected chi connectivity index (χ1v) is 5.87. The molecule has 0 aromatic heterocycles. The van der Waals surface area contributed by atoms with Gasteiger partial charge in [-0.1, -0.05) is 0 Å². The summed E-state index contributed by atoms with van der Waals surface area (Å²) >= 11 is 0. The van der Waals surface area contributed by atoms with Crippen LogP contribution in [0.15, 0.2) is 0 Å². The van der Waals surface area contributed by atoms with Crippen LogP contribution < -0.4 is 5.73 Å². The van der Waals surface area contributed by atoms with E-state index in [2.05, 4.69) is 13.8 Å². The summed E-state index contributed by atoms with van der Waals surface area (Å²) in [5.41, 5.74) is 5.49. The number of carbonyl (C=O) groups is 1. The smallest absolute Gasteiger partial charge is 0.320 e. The molecule has 2 rings (SSSR count). The van der Waals surface area contributed by atoms with E-state index in [1.54, 1.807) is 0 Å². The lowest BCUT2D eigenvalue weighted by molar-refractivity contribution is 0.161. The fourth-order valence-corrected chi connectivity index (χ4v) is 2.94. The first-order chi connectivity index (χ1) is 7.09. The first-order valence-electron chi connectivity index (χ1n) is 5.87. The summed E-state index contributed by atoms with van der Waals surface area (Å²) in [6.45, 7) is 6.75. The highest BCUT2D eigenvalue weighted by atomic mass is 16.2. The summed E-state index contributed by atoms with van der Waals surface area (Å²) < 4.78 is 0. The van der Waals surface area contributed by atoms with Crippen LogP contribution in [0, 0.1) is 0 Å². The average molecular weight is 211 g/mol. The summed E-state index contributed by atoms with van der Waals surface area (Å²) in [5, 5.41) is 0. The summed E-state index contributed by atoms with van der Waals surface area (Å²) in [5.74, 6) is 0. The molecule has 2 heterocycles. The standard InChI is InChI=1S/C11H21N3O/c1-11(2)9-5-3-7-13(9)10(15)14(11)8-4-6-12/h9H,3-8,12H2,1-2H3/t9-/m0/s1. The van der Waals surface area contributed by atoms with Gasteiger partial charge >= 0.3 is 6.03 Å². The average Bonchev–Trinajstić information content (AvgIpc) is 2.71. The quantitative estimate of drug-likeness (QED) is 0.757. The van der Waals surface area contributed by atoms with Crippen molar-refractivity contribution in [2.75, 3.05) is 19.6 Å². The van der Waals surface area contributed by atoms with E-state index in [4.69, 9.17) is 5.73 Å². The molecule has 15 heavy (non-hydrogen) atoms. The van der Waals surface area contributed by atoms with E-state index in [1.165, 1.54) is 0 Å². The van der Waals surface area contributed by atoms with Gasteiger partial charge in [0, 0.05) is 13.1 Å². The van der Waals surface area contributed by atoms with Crippen molar-refractivity contribution < 1.29 is 4.79 Å². The van der Waals surface area contributed by atoms with Gasteiger partial charge in [-0.25, -0.2) is 4.79 Å². The van der Waals surface area contributed by atoms with Gasteiger partial charge in [-0.2, -0.15) is 0 Å². The van der Waals surface area contributed by atoms with Gasteiger partial charge in [0.25, 0.3) is 0 Å². The van der Waals surface area contributed by atoms with E-state index in [0.717, 1.165) is 32.4 Å². The van der Waals surface area contributed by atoms with Crippen molar-refractivity contribution >= 4 is 6.03 Å². The Bertz CT molecular complexity index is 265. The molecule has 0 aromatic rings. The zero-order valence-electron chi connectivity index (χ0n) is 9.70. The molecule has 0 aromatic carbocycles. The topological polar surface area (TPSA) is 49.6 Å². The van der Waals surface area contributed by atoms with E-state index in [-0.39, 0.29) is 11.6 Å². The molecule has 0 saturated carbocycles. The molecule has 0 radical (unpaired) electrons. The summed E-state index contributed by atoms with van der Waals surface area (Å²) in [6.07, 6.45) is 3.21. The molecular weight excluding hydrogens is 190 g/mol. The molecule has 86 valence electrons. The van der Waals surface area contributed by atoms with Crippen LogP contribution in [0.4, 0.5) is 4.79 Å². The first kappa shape index (κ1) is 10.7. The second kappa shape index (κ2) is 3.67. The molecule has 4 nitrogen and oxygen atoms in total. The highest BCUT2D eigenvalue weighted by Crippen LogP contribution is 2.38. The third-order valence-electron chi connectivity index (χ3n) is 3.83. The second-order valence-corrected chi connectivity index (χ2v) is 5.08. The molecule has 0 bridgehead atoms. The highest BCUT2D eigenvalue weighted by Gasteiger charge is 2.52. The molecule has 2 aliphatic rings. The molecule has 1 atom stereocenters. The number of nitrogens with zero attached hydrogens (tertiary/aromatic N) is 2. The summed E-state index contributed by atoms with van der Waals surface area (Å²) in [7, 11) is 0. The van der Waals surface area contributed by atoms with Gasteiger partial charge in [0.05, 0.1) is 11.6 Å². The van der Waals surface area contributed by atoms with E-state index < -0.39 is 0 Å². The molecule has 4 heteroatoms. The van der Waals surface area contributed by atoms with Gasteiger partial charge < -0.3 is 15.5 Å². The number of hydrogen-bond acceptors (Lipinski definition) is 2. The second-order valence-electron chi connectivity index (χ2n) is 5.08. The predicted octanol–water partition coefficient (Wildman–Crippen LogP) is 1.01. The molecular formula is C11H21N3O. The Kier molecular flexibility index (Phi) is 2.63. The molecule has 2 fully saturated rings. The zero-order chi connectivity index (χ0) is 11.1. The minimum absolute atomic E-state index is 0.0112. The molecule has 0 aliphatic carbocycles. The van der Waals surface area contributed by atoms with Crippen LogP contribution in [0.1, 0.15) is 33.1 Å². The van der Waals surface area contributed by atoms with Crippen LogP contribution in [0.25, 0.3) is 0 Å². The maximum atomic E-state index is 12.1. The lowest BCUT2D eigenvalue weighted by Crippen LogP contribution is -2.46. The Labute approximate surface area is 91.4 Å². The van der Waals surface area contributed by atoms with Crippen LogP contribution in [0.5, 0.6) is 0 Å². The Balaban J connectivity index is 2.14. The SMILES string of the molecule is CC1(C)[C@@H]2CCCN2C(=O)N1CCCN. The highest BCUT2D eigenvalue weighted by molar-refractivity contribution is 5.79. The number of nitrogens with two attached hydrogens (primary N) is 1. The fourth-order valence-electron chi connectivity index (χ4n) is 2.94. The maximum Gasteiger partial charge on any atom is 0.320 e. The molecule has 0 spiro atoms. The third kappa shape index (κ3) is 1.51. The van der Waals surface area contributed by atoms with E-state index >= 15 is 0 Å². The van der Waals surface area contributed by atoms with Gasteiger partial charge in [-0.3, -0.25) is 0 Å². The largest absolute Gasteiger partial charge is 0.330 e. The lowest BCUT2D eigenvalue weighted by Gasteiger charge is -2.33. The minimum atomic E-state index is -0.0112. The lowest BCUT2D eigenvalue weighted by atomic mass is 9.93. The van der Waals surface area contributed by atoms with Crippen LogP contribution >= 0.6 is 0 Å². The Morgan fingerprint density at radius 1 is 1.53 bits per heavy atom. The van der Waals surface area contributed by atoms with E-state index in [9.17, 15) is 4.79 Å². The van der Waals surface area contributed by atoms with Crippen LogP contribution in [0.3, 0.4) is 0 Å². The Morgan fingerprint density at radius 2 is 2.27 bits per heavy atom. The molecule has 2 amide bonds. The number of rotatable bonds is 3. The molecule has 2 aliphatic heterocycles. The van der Waals surface area contributed by atoms with Crippen molar-refractivity contribution in [3.05, 3.63) is 0 Å². The summed E-state index contributed by atoms with van der Waals surface area (Å²) in [6, 6.07) is 0.638. The molecule has 2 saturated heterocycles. The number of fused-ring (bicyclic) bond motifs is 1. The number of hydrogen-bond donors (Lipinski definition) is 1. The van der Waals surface area contributed by atoms with E-state index in [0.29, 0.717) is 12.6 Å². The predicted molar refractivity (Wildman–Crippen MR) is 59.6 cm³/mol. The zero-order valence-corrected chi connectivity index (χ0v) is 9.70. The van der Waals surface area contributed by atoms with Crippen molar-refractivity contribution in [3.63, 3.8) is 0 Å². The van der Waals surface area contributed by atoms with Crippen molar-refractivity contribution in [2.24, 2.45) is 5.73 Å². The molecule has 0 unspecified atom stereocenters. The van der Waals surface area contributed by atoms with E-state index in [1.807, 2.05) is 9.80 Å². The third-order valence-corrected chi connectivity index (χ3v) is 3.83. The molecule has 2 N–H and O–H groups in total. The monoisotopic (exact) mass is 211 g/mol. The Morgan fingerprint density at radius 3 is 2.87 bits per heavy atom. The van der Waals surface area contributed by atoms with Crippen molar-refractivity contribution in [3.8, 4) is 0 Å². The Hall–Kier alpha value is -0.770. The van der Waals surface area contributed by atoms with Crippen molar-refractivity contribution in [1.82, 2.24) is 9.80 Å². The number of urea groups is 1. The minimum Gasteiger partial charge on any atom is -0.330 e. The fraction of sp³-hybridized carbons (Fsp3) is 0.909. The number of amides is 2. The van der Waals surface area contributed by atoms with Crippen LogP contribution in [-0.4, -0.2) is 47.0 Å². The van der Waals surface area contributed by atoms with Crippen molar-refractivity contribution in [1.29, 1.82) is 0 Å². The van der Waals surface area contributed by atoms with Gasteiger partial charge in [0.2, 0.25) is 0 Å². The number of carbonyl (C=O) groups excluding carboxylic acids is 1. The van der Waals surface area contributed by atoms with Gasteiger partial charge in [-0.05, 0) is 39.7 Å². The van der Waals surface area contributed by atoms with Gasteiger partial charge in [0.15, 0.2) is 0 Å². The van der Waals surface area contributed by atoms with Crippen LogP contribution in [0.2, 0.25) is 0 Å². The van der Waals surface area contributed by atoms with Crippen molar-refractivity contribution in [2.45, 2.75) is 44.7 Å². The normalized spacial score (nSPS) is 28.7.